The molecule has 1 aromatic rings. The Labute approximate surface area is 98.3 Å². The Hall–Kier alpha value is -2.14. The molecule has 1 atom stereocenters. The van der Waals surface area contributed by atoms with Crippen molar-refractivity contribution in [2.24, 2.45) is 0 Å². The van der Waals surface area contributed by atoms with Crippen LogP contribution in [0.25, 0.3) is 0 Å². The van der Waals surface area contributed by atoms with Crippen LogP contribution in [0.3, 0.4) is 0 Å². The number of ether oxygens (including phenoxy) is 2. The van der Waals surface area contributed by atoms with E-state index in [1.807, 2.05) is 0 Å². The molecule has 0 bridgehead atoms. The Morgan fingerprint density at radius 1 is 1.35 bits per heavy atom. The Bertz CT molecular complexity index is 399. The molecule has 1 rings (SSSR count). The molecule has 0 saturated carbocycles. The molecule has 0 amide bonds. The molecule has 0 heterocycles. The molecule has 0 aromatic heterocycles. The molecule has 0 fully saturated rings. The van der Waals surface area contributed by atoms with Crippen LogP contribution in [0, 0.1) is 0 Å². The van der Waals surface area contributed by atoms with Crippen LogP contribution in [0.5, 0.6) is 0 Å². The van der Waals surface area contributed by atoms with Crippen LogP contribution in [0.1, 0.15) is 10.4 Å². The third-order valence-corrected chi connectivity index (χ3v) is 1.79. The van der Waals surface area contributed by atoms with Crippen molar-refractivity contribution < 1.29 is 24.2 Å². The van der Waals surface area contributed by atoms with Crippen molar-refractivity contribution in [1.82, 2.24) is 0 Å². The SMILES string of the molecule is C=CC(=O)OC(O)COC(=O)c1ccccc1. The van der Waals surface area contributed by atoms with Crippen LogP contribution < -0.4 is 0 Å². The smallest absolute Gasteiger partial charge is 0.338 e. The van der Waals surface area contributed by atoms with Crippen LogP contribution in [-0.2, 0) is 14.3 Å². The van der Waals surface area contributed by atoms with E-state index in [-0.39, 0.29) is 0 Å². The zero-order valence-corrected chi connectivity index (χ0v) is 9.04. The highest BCUT2D eigenvalue weighted by atomic mass is 16.7. The van der Waals surface area contributed by atoms with Crippen molar-refractivity contribution in [3.05, 3.63) is 48.6 Å². The normalized spacial score (nSPS) is 11.4. The van der Waals surface area contributed by atoms with Gasteiger partial charge in [0.15, 0.2) is 6.61 Å². The molecule has 0 saturated heterocycles. The second-order valence-electron chi connectivity index (χ2n) is 3.06. The lowest BCUT2D eigenvalue weighted by atomic mass is 10.2. The minimum atomic E-state index is -1.49. The molecule has 5 nitrogen and oxygen atoms in total. The topological polar surface area (TPSA) is 72.8 Å². The lowest BCUT2D eigenvalue weighted by Gasteiger charge is -2.10. The molecule has 0 aliphatic rings. The molecule has 1 unspecified atom stereocenters. The highest BCUT2D eigenvalue weighted by molar-refractivity contribution is 5.89. The maximum Gasteiger partial charge on any atom is 0.338 e. The third kappa shape index (κ3) is 4.48. The Morgan fingerprint density at radius 3 is 2.59 bits per heavy atom. The molecular weight excluding hydrogens is 224 g/mol. The van der Waals surface area contributed by atoms with E-state index in [4.69, 9.17) is 4.74 Å². The van der Waals surface area contributed by atoms with Gasteiger partial charge in [-0.2, -0.15) is 0 Å². The highest BCUT2D eigenvalue weighted by Crippen LogP contribution is 2.02. The number of benzene rings is 1. The average Bonchev–Trinajstić information content (AvgIpc) is 2.36. The summed E-state index contributed by atoms with van der Waals surface area (Å²) in [5.41, 5.74) is 0.356. The predicted molar refractivity (Wildman–Crippen MR) is 59.0 cm³/mol. The summed E-state index contributed by atoms with van der Waals surface area (Å²) in [5, 5.41) is 9.18. The van der Waals surface area contributed by atoms with Gasteiger partial charge in [-0.1, -0.05) is 24.8 Å². The Balaban J connectivity index is 2.38. The van der Waals surface area contributed by atoms with E-state index in [1.54, 1.807) is 30.3 Å². The van der Waals surface area contributed by atoms with Crippen molar-refractivity contribution in [2.45, 2.75) is 6.29 Å². The Kier molecular flexibility index (Phi) is 4.90. The molecule has 1 N–H and O–H groups in total. The van der Waals surface area contributed by atoms with Crippen LogP contribution in [0.2, 0.25) is 0 Å². The number of carbonyl (C=O) groups excluding carboxylic acids is 2. The second kappa shape index (κ2) is 6.44. The average molecular weight is 236 g/mol. The summed E-state index contributed by atoms with van der Waals surface area (Å²) in [6, 6.07) is 8.28. The molecule has 0 radical (unpaired) electrons. The maximum atomic E-state index is 11.4. The van der Waals surface area contributed by atoms with Gasteiger partial charge < -0.3 is 14.6 Å². The molecule has 0 aliphatic heterocycles. The first kappa shape index (κ1) is 12.9. The van der Waals surface area contributed by atoms with Gasteiger partial charge in [-0.05, 0) is 12.1 Å². The molecule has 90 valence electrons. The summed E-state index contributed by atoms with van der Waals surface area (Å²) in [5.74, 6) is -1.38. The van der Waals surface area contributed by atoms with Crippen molar-refractivity contribution >= 4 is 11.9 Å². The quantitative estimate of drug-likeness (QED) is 0.467. The zero-order chi connectivity index (χ0) is 12.7. The minimum Gasteiger partial charge on any atom is -0.455 e. The summed E-state index contributed by atoms with van der Waals surface area (Å²) in [6.45, 7) is 2.74. The molecule has 0 spiro atoms. The lowest BCUT2D eigenvalue weighted by molar-refractivity contribution is -0.167. The summed E-state index contributed by atoms with van der Waals surface area (Å²) in [6.07, 6.45) is -0.587. The van der Waals surface area contributed by atoms with Gasteiger partial charge in [0, 0.05) is 6.08 Å². The van der Waals surface area contributed by atoms with Gasteiger partial charge in [-0.3, -0.25) is 0 Å². The number of carbonyl (C=O) groups is 2. The van der Waals surface area contributed by atoms with Gasteiger partial charge in [0.25, 0.3) is 0 Å². The van der Waals surface area contributed by atoms with Crippen molar-refractivity contribution in [2.75, 3.05) is 6.61 Å². The van der Waals surface area contributed by atoms with E-state index < -0.39 is 24.8 Å². The van der Waals surface area contributed by atoms with Crippen molar-refractivity contribution in [1.29, 1.82) is 0 Å². The summed E-state index contributed by atoms with van der Waals surface area (Å²) in [4.78, 5) is 22.1. The summed E-state index contributed by atoms with van der Waals surface area (Å²) in [7, 11) is 0. The number of esters is 2. The zero-order valence-electron chi connectivity index (χ0n) is 9.04. The first-order valence-corrected chi connectivity index (χ1v) is 4.86. The van der Waals surface area contributed by atoms with Gasteiger partial charge in [-0.25, -0.2) is 9.59 Å². The van der Waals surface area contributed by atoms with Crippen LogP contribution in [0.4, 0.5) is 0 Å². The van der Waals surface area contributed by atoms with E-state index in [2.05, 4.69) is 11.3 Å². The van der Waals surface area contributed by atoms with E-state index in [0.717, 1.165) is 6.08 Å². The lowest BCUT2D eigenvalue weighted by Crippen LogP contribution is -2.23. The predicted octanol–water partition coefficient (Wildman–Crippen LogP) is 0.891. The van der Waals surface area contributed by atoms with E-state index in [9.17, 15) is 14.7 Å². The van der Waals surface area contributed by atoms with E-state index in [0.29, 0.717) is 5.56 Å². The van der Waals surface area contributed by atoms with Gasteiger partial charge in [0.2, 0.25) is 6.29 Å². The van der Waals surface area contributed by atoms with Gasteiger partial charge in [-0.15, -0.1) is 0 Å². The highest BCUT2D eigenvalue weighted by Gasteiger charge is 2.12. The van der Waals surface area contributed by atoms with E-state index in [1.165, 1.54) is 0 Å². The number of rotatable bonds is 5. The third-order valence-electron chi connectivity index (χ3n) is 1.79. The number of hydrogen-bond acceptors (Lipinski definition) is 5. The molecule has 5 heteroatoms. The minimum absolute atomic E-state index is 0.356. The first-order valence-electron chi connectivity index (χ1n) is 4.86. The van der Waals surface area contributed by atoms with Crippen molar-refractivity contribution in [3.8, 4) is 0 Å². The molecule has 17 heavy (non-hydrogen) atoms. The fourth-order valence-corrected chi connectivity index (χ4v) is 1.02. The molecule has 0 aliphatic carbocycles. The summed E-state index contributed by atoms with van der Waals surface area (Å²) >= 11 is 0. The number of aliphatic hydroxyl groups excluding tert-OH is 1. The number of aliphatic hydroxyl groups is 1. The molecular formula is C12H12O5. The van der Waals surface area contributed by atoms with Crippen molar-refractivity contribution in [3.63, 3.8) is 0 Å². The maximum absolute atomic E-state index is 11.4. The monoisotopic (exact) mass is 236 g/mol. The number of hydrogen-bond donors (Lipinski definition) is 1. The van der Waals surface area contributed by atoms with Crippen LogP contribution >= 0.6 is 0 Å². The fourth-order valence-electron chi connectivity index (χ4n) is 1.02. The second-order valence-corrected chi connectivity index (χ2v) is 3.06. The van der Waals surface area contributed by atoms with Crippen LogP contribution in [0.15, 0.2) is 43.0 Å². The Morgan fingerprint density at radius 2 is 2.00 bits per heavy atom. The van der Waals surface area contributed by atoms with Crippen LogP contribution in [-0.4, -0.2) is 29.9 Å². The van der Waals surface area contributed by atoms with Gasteiger partial charge in [0.1, 0.15) is 0 Å². The van der Waals surface area contributed by atoms with Gasteiger partial charge in [0.05, 0.1) is 5.56 Å². The van der Waals surface area contributed by atoms with E-state index >= 15 is 0 Å². The fraction of sp³-hybridized carbons (Fsp3) is 0.167. The summed E-state index contributed by atoms with van der Waals surface area (Å²) < 4.78 is 9.14. The standard InChI is InChI=1S/C12H12O5/c1-2-10(13)17-11(14)8-16-12(15)9-6-4-3-5-7-9/h2-7,11,14H,1,8H2. The van der Waals surface area contributed by atoms with Gasteiger partial charge >= 0.3 is 11.9 Å². The largest absolute Gasteiger partial charge is 0.455 e. The molecule has 1 aromatic carbocycles. The first-order chi connectivity index (χ1) is 8.13.